The Labute approximate surface area is 210 Å². The first-order chi connectivity index (χ1) is 17.1. The zero-order valence-electron chi connectivity index (χ0n) is 20.3. The minimum atomic E-state index is 0.00219. The van der Waals surface area contributed by atoms with Gasteiger partial charge in [0.25, 0.3) is 0 Å². The zero-order valence-corrected chi connectivity index (χ0v) is 21.1. The average Bonchev–Trinajstić information content (AvgIpc) is 2.91. The molecule has 1 amide bonds. The maximum absolute atomic E-state index is 13.0. The molecule has 35 heavy (non-hydrogen) atoms. The number of rotatable bonds is 8. The number of hydrogen-bond donors (Lipinski definition) is 0. The Balaban J connectivity index is 1.42. The van der Waals surface area contributed by atoms with Gasteiger partial charge in [-0.1, -0.05) is 23.9 Å². The van der Waals surface area contributed by atoms with E-state index < -0.39 is 0 Å². The minimum Gasteiger partial charge on any atom is -0.493 e. The summed E-state index contributed by atoms with van der Waals surface area (Å²) in [5, 5.41) is 0.756. The Kier molecular flexibility index (Phi) is 8.36. The Hall–Kier alpha value is -3.39. The smallest absolute Gasteiger partial charge is 0.246 e. The van der Waals surface area contributed by atoms with Crippen LogP contribution in [0.3, 0.4) is 0 Å². The number of likely N-dealkylation sites (tertiary alicyclic amines) is 1. The summed E-state index contributed by atoms with van der Waals surface area (Å²) in [6.07, 6.45) is 10.9. The van der Waals surface area contributed by atoms with E-state index >= 15 is 0 Å². The Morgan fingerprint density at radius 1 is 1.20 bits per heavy atom. The van der Waals surface area contributed by atoms with Gasteiger partial charge in [0.05, 0.1) is 19.9 Å². The van der Waals surface area contributed by atoms with Crippen LogP contribution in [0.2, 0.25) is 0 Å². The molecule has 1 aliphatic rings. The number of aromatic nitrogens is 3. The van der Waals surface area contributed by atoms with E-state index in [1.807, 2.05) is 54.6 Å². The van der Waals surface area contributed by atoms with Crippen molar-refractivity contribution in [2.75, 3.05) is 27.3 Å². The maximum atomic E-state index is 13.0. The molecule has 4 rings (SSSR count). The Bertz CT molecular complexity index is 1190. The van der Waals surface area contributed by atoms with Crippen LogP contribution in [0.15, 0.2) is 60.2 Å². The second-order valence-corrected chi connectivity index (χ2v) is 9.38. The van der Waals surface area contributed by atoms with Crippen LogP contribution in [0.25, 0.3) is 6.08 Å². The molecule has 0 saturated carbocycles. The SMILES string of the molecule is COc1ccc(/C=C/C(=O)N2CCC[C@@H](c3nc(SCc4cccnc4)ncc3C)C2)cc1OC. The molecule has 2 aromatic heterocycles. The summed E-state index contributed by atoms with van der Waals surface area (Å²) in [5.41, 5.74) is 4.12. The monoisotopic (exact) mass is 490 g/mol. The molecule has 0 N–H and O–H groups in total. The predicted molar refractivity (Wildman–Crippen MR) is 138 cm³/mol. The van der Waals surface area contributed by atoms with Gasteiger partial charge in [0, 0.05) is 49.4 Å². The van der Waals surface area contributed by atoms with Crippen LogP contribution < -0.4 is 9.47 Å². The van der Waals surface area contributed by atoms with Crippen molar-refractivity contribution in [2.24, 2.45) is 0 Å². The van der Waals surface area contributed by atoms with E-state index in [-0.39, 0.29) is 11.8 Å². The number of carbonyl (C=O) groups is 1. The van der Waals surface area contributed by atoms with E-state index in [1.54, 1.807) is 38.3 Å². The highest BCUT2D eigenvalue weighted by Gasteiger charge is 2.26. The molecule has 8 heteroatoms. The van der Waals surface area contributed by atoms with Gasteiger partial charge in [-0.25, -0.2) is 9.97 Å². The van der Waals surface area contributed by atoms with Crippen molar-refractivity contribution in [1.29, 1.82) is 0 Å². The molecule has 3 aromatic rings. The van der Waals surface area contributed by atoms with Gasteiger partial charge in [0.15, 0.2) is 16.7 Å². The van der Waals surface area contributed by atoms with E-state index in [9.17, 15) is 4.79 Å². The van der Waals surface area contributed by atoms with E-state index in [0.29, 0.717) is 18.0 Å². The highest BCUT2D eigenvalue weighted by Crippen LogP contribution is 2.30. The summed E-state index contributed by atoms with van der Waals surface area (Å²) in [6, 6.07) is 9.58. The van der Waals surface area contributed by atoms with Crippen molar-refractivity contribution in [3.63, 3.8) is 0 Å². The van der Waals surface area contributed by atoms with Crippen molar-refractivity contribution in [1.82, 2.24) is 19.9 Å². The van der Waals surface area contributed by atoms with Crippen LogP contribution >= 0.6 is 11.8 Å². The molecule has 0 spiro atoms. The number of ether oxygens (including phenoxy) is 2. The number of piperidine rings is 1. The fraction of sp³-hybridized carbons (Fsp3) is 0.333. The molecule has 3 heterocycles. The normalized spacial score (nSPS) is 15.9. The third kappa shape index (κ3) is 6.39. The first kappa shape index (κ1) is 24.7. The lowest BCUT2D eigenvalue weighted by Gasteiger charge is -2.32. The topological polar surface area (TPSA) is 77.4 Å². The van der Waals surface area contributed by atoms with Gasteiger partial charge in [-0.3, -0.25) is 9.78 Å². The molecule has 0 bridgehead atoms. The lowest BCUT2D eigenvalue weighted by atomic mass is 9.92. The van der Waals surface area contributed by atoms with Crippen LogP contribution in [-0.4, -0.2) is 53.1 Å². The lowest BCUT2D eigenvalue weighted by molar-refractivity contribution is -0.127. The number of nitrogens with zero attached hydrogens (tertiary/aromatic N) is 4. The van der Waals surface area contributed by atoms with Crippen molar-refractivity contribution in [3.8, 4) is 11.5 Å². The number of aryl methyl sites for hydroxylation is 1. The lowest BCUT2D eigenvalue weighted by Crippen LogP contribution is -2.38. The van der Waals surface area contributed by atoms with Crippen molar-refractivity contribution in [3.05, 3.63) is 77.4 Å². The number of amides is 1. The fourth-order valence-electron chi connectivity index (χ4n) is 4.18. The summed E-state index contributed by atoms with van der Waals surface area (Å²) in [7, 11) is 3.20. The van der Waals surface area contributed by atoms with Gasteiger partial charge in [0.1, 0.15) is 0 Å². The van der Waals surface area contributed by atoms with Gasteiger partial charge in [-0.05, 0) is 60.7 Å². The van der Waals surface area contributed by atoms with Crippen LogP contribution in [-0.2, 0) is 10.5 Å². The number of carbonyl (C=O) groups excluding carboxylic acids is 1. The molecular weight excluding hydrogens is 460 g/mol. The maximum Gasteiger partial charge on any atom is 0.246 e. The summed E-state index contributed by atoms with van der Waals surface area (Å²) < 4.78 is 10.6. The number of hydrogen-bond acceptors (Lipinski definition) is 7. The fourth-order valence-corrected chi connectivity index (χ4v) is 4.94. The molecule has 0 aliphatic carbocycles. The van der Waals surface area contributed by atoms with Crippen molar-refractivity contribution in [2.45, 2.75) is 36.6 Å². The summed E-state index contributed by atoms with van der Waals surface area (Å²) in [4.78, 5) is 28.5. The summed E-state index contributed by atoms with van der Waals surface area (Å²) in [6.45, 7) is 3.45. The highest BCUT2D eigenvalue weighted by atomic mass is 32.2. The summed E-state index contributed by atoms with van der Waals surface area (Å²) >= 11 is 1.61. The molecule has 1 saturated heterocycles. The molecular formula is C27H30N4O3S. The third-order valence-corrected chi connectivity index (χ3v) is 6.96. The van der Waals surface area contributed by atoms with Gasteiger partial charge < -0.3 is 14.4 Å². The average molecular weight is 491 g/mol. The van der Waals surface area contributed by atoms with E-state index in [0.717, 1.165) is 52.7 Å². The Morgan fingerprint density at radius 2 is 2.06 bits per heavy atom. The zero-order chi connectivity index (χ0) is 24.6. The number of pyridine rings is 1. The minimum absolute atomic E-state index is 0.00219. The molecule has 0 unspecified atom stereocenters. The molecule has 0 radical (unpaired) electrons. The second-order valence-electron chi connectivity index (χ2n) is 8.44. The molecule has 1 atom stereocenters. The quantitative estimate of drug-likeness (QED) is 0.252. The highest BCUT2D eigenvalue weighted by molar-refractivity contribution is 7.98. The largest absolute Gasteiger partial charge is 0.493 e. The molecule has 182 valence electrons. The molecule has 1 fully saturated rings. The molecule has 1 aliphatic heterocycles. The van der Waals surface area contributed by atoms with Crippen LogP contribution in [0.1, 0.15) is 41.1 Å². The van der Waals surface area contributed by atoms with Crippen LogP contribution in [0.4, 0.5) is 0 Å². The van der Waals surface area contributed by atoms with Crippen LogP contribution in [0, 0.1) is 6.92 Å². The van der Waals surface area contributed by atoms with E-state index in [2.05, 4.69) is 16.0 Å². The van der Waals surface area contributed by atoms with Gasteiger partial charge in [0.2, 0.25) is 5.91 Å². The first-order valence-electron chi connectivity index (χ1n) is 11.6. The Morgan fingerprint density at radius 3 is 2.83 bits per heavy atom. The molecule has 1 aromatic carbocycles. The first-order valence-corrected chi connectivity index (χ1v) is 12.6. The van der Waals surface area contributed by atoms with E-state index in [1.165, 1.54) is 0 Å². The van der Waals surface area contributed by atoms with Crippen molar-refractivity contribution >= 4 is 23.7 Å². The van der Waals surface area contributed by atoms with Gasteiger partial charge >= 0.3 is 0 Å². The number of methoxy groups -OCH3 is 2. The summed E-state index contributed by atoms with van der Waals surface area (Å²) in [5.74, 6) is 2.27. The van der Waals surface area contributed by atoms with Crippen LogP contribution in [0.5, 0.6) is 11.5 Å². The third-order valence-electron chi connectivity index (χ3n) is 6.03. The van der Waals surface area contributed by atoms with Gasteiger partial charge in [-0.2, -0.15) is 0 Å². The standard InChI is InChI=1S/C27H30N4O3S/c1-19-15-29-27(35-18-21-6-4-12-28-16-21)30-26(19)22-7-5-13-31(17-22)25(32)11-9-20-8-10-23(33-2)24(14-20)34-3/h4,6,8-12,14-16,22H,5,7,13,17-18H2,1-3H3/b11-9+/t22-/m1/s1. The number of benzene rings is 1. The van der Waals surface area contributed by atoms with Crippen molar-refractivity contribution < 1.29 is 14.3 Å². The second kappa shape index (κ2) is 11.8. The van der Waals surface area contributed by atoms with Gasteiger partial charge in [-0.15, -0.1) is 0 Å². The predicted octanol–water partition coefficient (Wildman–Crippen LogP) is 4.91. The number of thioether (sulfide) groups is 1. The van der Waals surface area contributed by atoms with E-state index in [4.69, 9.17) is 14.5 Å². The molecule has 7 nitrogen and oxygen atoms in total.